The third-order valence-electron chi connectivity index (χ3n) is 6.09. The van der Waals surface area contributed by atoms with E-state index in [1.54, 1.807) is 0 Å². The Morgan fingerprint density at radius 2 is 1.03 bits per heavy atom. The zero-order chi connectivity index (χ0) is 22.2. The van der Waals surface area contributed by atoms with Crippen LogP contribution in [0.5, 0.6) is 0 Å². The number of hydrogen-bond acceptors (Lipinski definition) is 6. The standard InChI is InChI=1S/C24H32N4O2S2/c29-21(27-13-7-1-2-8-14-27)17-31-23-24(26-20-12-6-5-11-19(20)25-23)32-18-22(30)28-15-9-3-4-10-16-28/h5-6,11-12H,1-4,7-10,13-18H2. The molecule has 0 unspecified atom stereocenters. The number of carbonyl (C=O) groups excluding carboxylic acids is 2. The fourth-order valence-electron chi connectivity index (χ4n) is 4.24. The highest BCUT2D eigenvalue weighted by Crippen LogP contribution is 2.30. The number of rotatable bonds is 6. The van der Waals surface area contributed by atoms with Gasteiger partial charge in [0.15, 0.2) is 0 Å². The lowest BCUT2D eigenvalue weighted by Crippen LogP contribution is -2.33. The second-order valence-electron chi connectivity index (χ2n) is 8.49. The minimum atomic E-state index is 0.170. The molecule has 2 aliphatic heterocycles. The Bertz CT molecular complexity index is 849. The summed E-state index contributed by atoms with van der Waals surface area (Å²) in [5.74, 6) is 1.06. The van der Waals surface area contributed by atoms with Crippen LogP contribution in [0.1, 0.15) is 51.4 Å². The second kappa shape index (κ2) is 11.9. The smallest absolute Gasteiger partial charge is 0.232 e. The Morgan fingerprint density at radius 1 is 0.656 bits per heavy atom. The molecule has 0 radical (unpaired) electrons. The molecule has 32 heavy (non-hydrogen) atoms. The van der Waals surface area contributed by atoms with E-state index in [0.717, 1.165) is 72.9 Å². The Hall–Kier alpha value is -1.80. The molecule has 0 N–H and O–H groups in total. The van der Waals surface area contributed by atoms with Crippen molar-refractivity contribution in [1.29, 1.82) is 0 Å². The van der Waals surface area contributed by atoms with Crippen LogP contribution in [-0.4, -0.2) is 69.3 Å². The predicted molar refractivity (Wildman–Crippen MR) is 131 cm³/mol. The van der Waals surface area contributed by atoms with Crippen molar-refractivity contribution in [3.63, 3.8) is 0 Å². The zero-order valence-electron chi connectivity index (χ0n) is 18.6. The minimum absolute atomic E-state index is 0.170. The minimum Gasteiger partial charge on any atom is -0.342 e. The average molecular weight is 473 g/mol. The molecule has 6 nitrogen and oxygen atoms in total. The first-order valence-corrected chi connectivity index (χ1v) is 13.8. The Morgan fingerprint density at radius 3 is 1.41 bits per heavy atom. The summed E-state index contributed by atoms with van der Waals surface area (Å²) in [6.07, 6.45) is 9.19. The first kappa shape index (κ1) is 23.4. The van der Waals surface area contributed by atoms with Gasteiger partial charge in [-0.2, -0.15) is 0 Å². The fraction of sp³-hybridized carbons (Fsp3) is 0.583. The van der Waals surface area contributed by atoms with Crippen LogP contribution < -0.4 is 0 Å². The number of likely N-dealkylation sites (tertiary alicyclic amines) is 2. The van der Waals surface area contributed by atoms with Crippen molar-refractivity contribution in [2.24, 2.45) is 0 Å². The van der Waals surface area contributed by atoms with Crippen LogP contribution in [-0.2, 0) is 9.59 Å². The number of nitrogens with zero attached hydrogens (tertiary/aromatic N) is 4. The number of benzene rings is 1. The quantitative estimate of drug-likeness (QED) is 0.572. The molecule has 0 bridgehead atoms. The molecule has 0 spiro atoms. The average Bonchev–Trinajstić information content (AvgIpc) is 3.26. The van der Waals surface area contributed by atoms with E-state index in [-0.39, 0.29) is 11.8 Å². The molecule has 1 aromatic heterocycles. The molecular formula is C24H32N4O2S2. The summed E-state index contributed by atoms with van der Waals surface area (Å²) in [5.41, 5.74) is 1.64. The van der Waals surface area contributed by atoms with E-state index in [2.05, 4.69) is 0 Å². The Labute approximate surface area is 198 Å². The molecule has 3 heterocycles. The lowest BCUT2D eigenvalue weighted by atomic mass is 10.2. The SMILES string of the molecule is O=C(CSc1nc2ccccc2nc1SCC(=O)N1CCCCCC1)N1CCCCCC1. The number of hydrogen-bond donors (Lipinski definition) is 0. The Balaban J connectivity index is 1.44. The molecule has 2 aliphatic rings. The van der Waals surface area contributed by atoms with Crippen LogP contribution >= 0.6 is 23.5 Å². The van der Waals surface area contributed by atoms with Crippen molar-refractivity contribution in [2.45, 2.75) is 61.4 Å². The van der Waals surface area contributed by atoms with Crippen molar-refractivity contribution in [3.05, 3.63) is 24.3 Å². The maximum absolute atomic E-state index is 12.8. The van der Waals surface area contributed by atoms with Crippen LogP contribution in [0.4, 0.5) is 0 Å². The Kier molecular flexibility index (Phi) is 8.68. The molecule has 1 aromatic carbocycles. The van der Waals surface area contributed by atoms with Crippen LogP contribution in [0, 0.1) is 0 Å². The molecule has 8 heteroatoms. The van der Waals surface area contributed by atoms with Gasteiger partial charge in [-0.3, -0.25) is 9.59 Å². The van der Waals surface area contributed by atoms with Gasteiger partial charge < -0.3 is 9.80 Å². The maximum Gasteiger partial charge on any atom is 0.232 e. The molecule has 4 rings (SSSR count). The summed E-state index contributed by atoms with van der Waals surface area (Å²) in [4.78, 5) is 39.2. The van der Waals surface area contributed by atoms with Gasteiger partial charge in [-0.15, -0.1) is 0 Å². The van der Waals surface area contributed by atoms with E-state index in [0.29, 0.717) is 11.5 Å². The summed E-state index contributed by atoms with van der Waals surface area (Å²) in [5, 5.41) is 1.50. The number of fused-ring (bicyclic) bond motifs is 1. The lowest BCUT2D eigenvalue weighted by molar-refractivity contribution is -0.129. The van der Waals surface area contributed by atoms with Crippen molar-refractivity contribution >= 4 is 46.4 Å². The van der Waals surface area contributed by atoms with Crippen molar-refractivity contribution < 1.29 is 9.59 Å². The number of aromatic nitrogens is 2. The van der Waals surface area contributed by atoms with E-state index in [9.17, 15) is 9.59 Å². The highest BCUT2D eigenvalue weighted by Gasteiger charge is 2.20. The lowest BCUT2D eigenvalue weighted by Gasteiger charge is -2.21. The molecular weight excluding hydrogens is 440 g/mol. The highest BCUT2D eigenvalue weighted by molar-refractivity contribution is 8.02. The third-order valence-corrected chi connectivity index (χ3v) is 8.12. The molecule has 2 saturated heterocycles. The summed E-state index contributed by atoms with van der Waals surface area (Å²) >= 11 is 2.90. The molecule has 0 saturated carbocycles. The summed E-state index contributed by atoms with van der Waals surface area (Å²) < 4.78 is 0. The molecule has 2 amide bonds. The molecule has 0 atom stereocenters. The van der Waals surface area contributed by atoms with Crippen molar-refractivity contribution in [1.82, 2.24) is 19.8 Å². The normalized spacial score (nSPS) is 17.8. The maximum atomic E-state index is 12.8. The van der Waals surface area contributed by atoms with Gasteiger partial charge in [0.25, 0.3) is 0 Å². The molecule has 0 aliphatic carbocycles. The zero-order valence-corrected chi connectivity index (χ0v) is 20.3. The number of thioether (sulfide) groups is 2. The largest absolute Gasteiger partial charge is 0.342 e. The monoisotopic (exact) mass is 472 g/mol. The van der Waals surface area contributed by atoms with Crippen LogP contribution in [0.25, 0.3) is 11.0 Å². The first-order chi connectivity index (χ1) is 15.7. The van der Waals surface area contributed by atoms with E-state index < -0.39 is 0 Å². The topological polar surface area (TPSA) is 66.4 Å². The van der Waals surface area contributed by atoms with Crippen molar-refractivity contribution in [2.75, 3.05) is 37.7 Å². The van der Waals surface area contributed by atoms with Gasteiger partial charge >= 0.3 is 0 Å². The molecule has 172 valence electrons. The number of para-hydroxylation sites is 2. The van der Waals surface area contributed by atoms with Crippen LogP contribution in [0.2, 0.25) is 0 Å². The van der Waals surface area contributed by atoms with Crippen molar-refractivity contribution in [3.8, 4) is 0 Å². The van der Waals surface area contributed by atoms with Crippen LogP contribution in [0.15, 0.2) is 34.3 Å². The van der Waals surface area contributed by atoms with E-state index >= 15 is 0 Å². The molecule has 2 aromatic rings. The third kappa shape index (κ3) is 6.38. The van der Waals surface area contributed by atoms with Gasteiger partial charge in [-0.1, -0.05) is 61.3 Å². The predicted octanol–water partition coefficient (Wildman–Crippen LogP) is 4.62. The fourth-order valence-corrected chi connectivity index (χ4v) is 6.14. The summed E-state index contributed by atoms with van der Waals surface area (Å²) in [6, 6.07) is 7.78. The van der Waals surface area contributed by atoms with Gasteiger partial charge in [0.2, 0.25) is 11.8 Å². The first-order valence-electron chi connectivity index (χ1n) is 11.8. The van der Waals surface area contributed by atoms with Gasteiger partial charge in [0, 0.05) is 26.2 Å². The van der Waals surface area contributed by atoms with Crippen LogP contribution in [0.3, 0.4) is 0 Å². The second-order valence-corrected chi connectivity index (χ2v) is 10.4. The van der Waals surface area contributed by atoms with Gasteiger partial charge in [-0.05, 0) is 37.8 Å². The van der Waals surface area contributed by atoms with E-state index in [1.807, 2.05) is 34.1 Å². The van der Waals surface area contributed by atoms with E-state index in [1.165, 1.54) is 49.2 Å². The highest BCUT2D eigenvalue weighted by atomic mass is 32.2. The number of amides is 2. The summed E-state index contributed by atoms with van der Waals surface area (Å²) in [6.45, 7) is 3.42. The number of carbonyl (C=O) groups is 2. The summed E-state index contributed by atoms with van der Waals surface area (Å²) in [7, 11) is 0. The van der Waals surface area contributed by atoms with Gasteiger partial charge in [0.1, 0.15) is 10.1 Å². The van der Waals surface area contributed by atoms with Gasteiger partial charge in [0.05, 0.1) is 22.5 Å². The molecule has 2 fully saturated rings. The van der Waals surface area contributed by atoms with Gasteiger partial charge in [-0.25, -0.2) is 9.97 Å². The van der Waals surface area contributed by atoms with E-state index in [4.69, 9.17) is 9.97 Å².